The van der Waals surface area contributed by atoms with Crippen molar-refractivity contribution in [3.63, 3.8) is 0 Å². The van der Waals surface area contributed by atoms with Crippen molar-refractivity contribution in [2.45, 2.75) is 31.0 Å². The van der Waals surface area contributed by atoms with Crippen LogP contribution in [0.25, 0.3) is 0 Å². The molecular formula is C11H14Br2. The highest BCUT2D eigenvalue weighted by molar-refractivity contribution is 9.10. The molecule has 0 nitrogen and oxygen atoms in total. The van der Waals surface area contributed by atoms with E-state index in [2.05, 4.69) is 70.0 Å². The van der Waals surface area contributed by atoms with E-state index in [4.69, 9.17) is 0 Å². The molecule has 2 unspecified atom stereocenters. The lowest BCUT2D eigenvalue weighted by atomic mass is 9.94. The molecule has 0 aliphatic heterocycles. The first kappa shape index (κ1) is 11.3. The molecule has 2 atom stereocenters. The summed E-state index contributed by atoms with van der Waals surface area (Å²) in [5.41, 5.74) is 1.40. The van der Waals surface area contributed by atoms with Gasteiger partial charge in [0.05, 0.1) is 0 Å². The smallest absolute Gasteiger partial charge is 0.0186 e. The summed E-state index contributed by atoms with van der Waals surface area (Å²) < 4.78 is 1.16. The highest BCUT2D eigenvalue weighted by Gasteiger charge is 2.14. The molecule has 0 amide bonds. The van der Waals surface area contributed by atoms with Gasteiger partial charge in [0.1, 0.15) is 0 Å². The number of halogens is 2. The van der Waals surface area contributed by atoms with Crippen molar-refractivity contribution in [1.29, 1.82) is 0 Å². The minimum Gasteiger partial charge on any atom is -0.0887 e. The molecule has 0 aliphatic carbocycles. The van der Waals surface area contributed by atoms with Crippen LogP contribution in [0.5, 0.6) is 0 Å². The molecule has 0 saturated carbocycles. The van der Waals surface area contributed by atoms with Gasteiger partial charge in [-0.3, -0.25) is 0 Å². The van der Waals surface area contributed by atoms with E-state index in [-0.39, 0.29) is 0 Å². The third kappa shape index (κ3) is 3.10. The van der Waals surface area contributed by atoms with Gasteiger partial charge in [-0.15, -0.1) is 0 Å². The van der Waals surface area contributed by atoms with Crippen LogP contribution in [0.3, 0.4) is 0 Å². The number of benzene rings is 1. The van der Waals surface area contributed by atoms with Gasteiger partial charge in [0.2, 0.25) is 0 Å². The molecule has 0 aliphatic rings. The van der Waals surface area contributed by atoms with Crippen molar-refractivity contribution in [1.82, 2.24) is 0 Å². The lowest BCUT2D eigenvalue weighted by Crippen LogP contribution is -2.07. The highest BCUT2D eigenvalue weighted by atomic mass is 79.9. The first-order valence-corrected chi connectivity index (χ1v) is 6.25. The molecule has 0 radical (unpaired) electrons. The molecule has 0 spiro atoms. The Labute approximate surface area is 97.0 Å². The van der Waals surface area contributed by atoms with Crippen LogP contribution in [-0.2, 0) is 0 Å². The maximum Gasteiger partial charge on any atom is 0.0186 e. The quantitative estimate of drug-likeness (QED) is 0.708. The number of rotatable bonds is 3. The van der Waals surface area contributed by atoms with Gasteiger partial charge < -0.3 is 0 Å². The SMILES string of the molecule is CCC(c1cccc(Br)c1)C(C)Br. The lowest BCUT2D eigenvalue weighted by molar-refractivity contribution is 0.663. The predicted octanol–water partition coefficient (Wildman–Crippen LogP) is 4.73. The van der Waals surface area contributed by atoms with Gasteiger partial charge >= 0.3 is 0 Å². The normalized spacial score (nSPS) is 15.4. The van der Waals surface area contributed by atoms with E-state index >= 15 is 0 Å². The summed E-state index contributed by atoms with van der Waals surface area (Å²) >= 11 is 7.14. The van der Waals surface area contributed by atoms with Crippen molar-refractivity contribution < 1.29 is 0 Å². The van der Waals surface area contributed by atoms with E-state index < -0.39 is 0 Å². The Morgan fingerprint density at radius 2 is 2.08 bits per heavy atom. The average molecular weight is 306 g/mol. The molecule has 0 heterocycles. The van der Waals surface area contributed by atoms with E-state index in [1.807, 2.05) is 0 Å². The molecule has 0 N–H and O–H groups in total. The molecule has 1 aromatic rings. The Morgan fingerprint density at radius 1 is 1.38 bits per heavy atom. The Kier molecular flexibility index (Phi) is 4.47. The molecule has 0 fully saturated rings. The lowest BCUT2D eigenvalue weighted by Gasteiger charge is -2.18. The largest absolute Gasteiger partial charge is 0.0887 e. The molecule has 1 aromatic carbocycles. The zero-order valence-corrected chi connectivity index (χ0v) is 11.1. The molecule has 2 heteroatoms. The van der Waals surface area contributed by atoms with Crippen molar-refractivity contribution in [2.75, 3.05) is 0 Å². The topological polar surface area (TPSA) is 0 Å². The van der Waals surface area contributed by atoms with E-state index in [9.17, 15) is 0 Å². The minimum absolute atomic E-state index is 0.534. The van der Waals surface area contributed by atoms with Crippen molar-refractivity contribution in [2.24, 2.45) is 0 Å². The second-order valence-electron chi connectivity index (χ2n) is 3.25. The third-order valence-corrected chi connectivity index (χ3v) is 3.40. The monoisotopic (exact) mass is 304 g/mol. The molecule has 1 rings (SSSR count). The van der Waals surface area contributed by atoms with Crippen LogP contribution in [0.1, 0.15) is 31.7 Å². The van der Waals surface area contributed by atoms with Crippen LogP contribution in [0.15, 0.2) is 28.7 Å². The van der Waals surface area contributed by atoms with Crippen molar-refractivity contribution in [3.05, 3.63) is 34.3 Å². The second kappa shape index (κ2) is 5.16. The number of alkyl halides is 1. The predicted molar refractivity (Wildman–Crippen MR) is 65.6 cm³/mol. The zero-order valence-electron chi connectivity index (χ0n) is 7.93. The molecule has 72 valence electrons. The minimum atomic E-state index is 0.534. The molecular weight excluding hydrogens is 292 g/mol. The molecule has 0 bridgehead atoms. The fourth-order valence-electron chi connectivity index (χ4n) is 1.56. The van der Waals surface area contributed by atoms with Crippen LogP contribution in [0, 0.1) is 0 Å². The Balaban J connectivity index is 2.91. The van der Waals surface area contributed by atoms with Gasteiger partial charge in [0.15, 0.2) is 0 Å². The Bertz CT molecular complexity index is 269. The van der Waals surface area contributed by atoms with Gasteiger partial charge in [0.25, 0.3) is 0 Å². The van der Waals surface area contributed by atoms with Gasteiger partial charge in [-0.1, -0.05) is 57.8 Å². The summed E-state index contributed by atoms with van der Waals surface area (Å²) in [5, 5.41) is 0. The first-order valence-electron chi connectivity index (χ1n) is 4.54. The van der Waals surface area contributed by atoms with Gasteiger partial charge in [0, 0.05) is 9.30 Å². The van der Waals surface area contributed by atoms with Crippen molar-refractivity contribution in [3.8, 4) is 0 Å². The van der Waals surface area contributed by atoms with Crippen LogP contribution in [0.4, 0.5) is 0 Å². The fourth-order valence-corrected chi connectivity index (χ4v) is 2.66. The number of hydrogen-bond acceptors (Lipinski definition) is 0. The first-order chi connectivity index (χ1) is 6.15. The van der Waals surface area contributed by atoms with Crippen LogP contribution < -0.4 is 0 Å². The summed E-state index contributed by atoms with van der Waals surface area (Å²) in [7, 11) is 0. The van der Waals surface area contributed by atoms with E-state index in [0.29, 0.717) is 10.7 Å². The maximum atomic E-state index is 3.65. The molecule has 13 heavy (non-hydrogen) atoms. The highest BCUT2D eigenvalue weighted by Crippen LogP contribution is 2.29. The summed E-state index contributed by atoms with van der Waals surface area (Å²) in [5.74, 6) is 0.609. The fraction of sp³-hybridized carbons (Fsp3) is 0.455. The van der Waals surface area contributed by atoms with Crippen LogP contribution in [0.2, 0.25) is 0 Å². The average Bonchev–Trinajstić information content (AvgIpc) is 2.04. The zero-order chi connectivity index (χ0) is 9.84. The summed E-state index contributed by atoms with van der Waals surface area (Å²) in [6, 6.07) is 8.55. The van der Waals surface area contributed by atoms with Gasteiger partial charge in [-0.25, -0.2) is 0 Å². The van der Waals surface area contributed by atoms with Gasteiger partial charge in [-0.2, -0.15) is 0 Å². The maximum absolute atomic E-state index is 3.65. The summed E-state index contributed by atoms with van der Waals surface area (Å²) in [6.07, 6.45) is 1.17. The standard InChI is InChI=1S/C11H14Br2/c1-3-11(8(2)12)9-5-4-6-10(13)7-9/h4-8,11H,3H2,1-2H3. The Hall–Kier alpha value is 0.180. The second-order valence-corrected chi connectivity index (χ2v) is 5.61. The summed E-state index contributed by atoms with van der Waals surface area (Å²) in [6.45, 7) is 4.43. The van der Waals surface area contributed by atoms with Gasteiger partial charge in [-0.05, 0) is 30.0 Å². The van der Waals surface area contributed by atoms with Crippen LogP contribution in [-0.4, -0.2) is 4.83 Å². The van der Waals surface area contributed by atoms with E-state index in [1.165, 1.54) is 12.0 Å². The van der Waals surface area contributed by atoms with E-state index in [1.54, 1.807) is 0 Å². The summed E-state index contributed by atoms with van der Waals surface area (Å²) in [4.78, 5) is 0.534. The number of hydrogen-bond donors (Lipinski definition) is 0. The Morgan fingerprint density at radius 3 is 2.54 bits per heavy atom. The molecule has 0 saturated heterocycles. The van der Waals surface area contributed by atoms with Crippen LogP contribution >= 0.6 is 31.9 Å². The van der Waals surface area contributed by atoms with Crippen molar-refractivity contribution >= 4 is 31.9 Å². The van der Waals surface area contributed by atoms with E-state index in [0.717, 1.165) is 4.47 Å². The molecule has 0 aromatic heterocycles. The third-order valence-electron chi connectivity index (χ3n) is 2.27.